The largest absolute Gasteiger partial charge is 0.378 e. The molecule has 2 aliphatic heterocycles. The second-order valence-electron chi connectivity index (χ2n) is 7.05. The predicted molar refractivity (Wildman–Crippen MR) is 100 cm³/mol. The summed E-state index contributed by atoms with van der Waals surface area (Å²) in [6.07, 6.45) is 6.96. The molecule has 1 atom stereocenters. The van der Waals surface area contributed by atoms with Crippen molar-refractivity contribution in [1.29, 1.82) is 0 Å². The highest BCUT2D eigenvalue weighted by atomic mass is 16.5. The Bertz CT molecular complexity index is 713. The number of aryl methyl sites for hydroxylation is 1. The fraction of sp³-hybridized carbons (Fsp3) is 0.611. The first kappa shape index (κ1) is 17.2. The zero-order valence-electron chi connectivity index (χ0n) is 15.3. The van der Waals surface area contributed by atoms with Crippen molar-refractivity contribution in [3.63, 3.8) is 0 Å². The summed E-state index contributed by atoms with van der Waals surface area (Å²) in [5.41, 5.74) is 1.21. The molecule has 4 heterocycles. The van der Waals surface area contributed by atoms with Crippen LogP contribution >= 0.6 is 0 Å². The zero-order valence-corrected chi connectivity index (χ0v) is 15.3. The molecule has 2 aromatic rings. The first-order valence-electron chi connectivity index (χ1n) is 9.40. The molecule has 8 nitrogen and oxygen atoms in total. The van der Waals surface area contributed by atoms with E-state index >= 15 is 0 Å². The summed E-state index contributed by atoms with van der Waals surface area (Å²) in [6, 6.07) is 2.37. The van der Waals surface area contributed by atoms with Gasteiger partial charge in [0.2, 0.25) is 5.95 Å². The minimum Gasteiger partial charge on any atom is -0.378 e. The lowest BCUT2D eigenvalue weighted by molar-refractivity contribution is 0.122. The highest BCUT2D eigenvalue weighted by Crippen LogP contribution is 2.17. The van der Waals surface area contributed by atoms with Gasteiger partial charge in [-0.05, 0) is 25.0 Å². The zero-order chi connectivity index (χ0) is 17.8. The number of rotatable bonds is 6. The lowest BCUT2D eigenvalue weighted by atomic mass is 10.3. The number of nitrogens with zero attached hydrogens (tertiary/aromatic N) is 6. The topological polar surface area (TPSA) is 71.3 Å². The Morgan fingerprint density at radius 3 is 2.92 bits per heavy atom. The number of morpholine rings is 1. The van der Waals surface area contributed by atoms with Crippen molar-refractivity contribution in [3.05, 3.63) is 30.2 Å². The van der Waals surface area contributed by atoms with Gasteiger partial charge in [0, 0.05) is 51.2 Å². The van der Waals surface area contributed by atoms with Crippen LogP contribution in [0.2, 0.25) is 0 Å². The molecule has 2 fully saturated rings. The van der Waals surface area contributed by atoms with Crippen molar-refractivity contribution >= 4 is 11.8 Å². The van der Waals surface area contributed by atoms with Crippen molar-refractivity contribution in [2.45, 2.75) is 25.9 Å². The molecular weight excluding hydrogens is 330 g/mol. The Balaban J connectivity index is 1.28. The Morgan fingerprint density at radius 1 is 1.23 bits per heavy atom. The molecule has 1 unspecified atom stereocenters. The van der Waals surface area contributed by atoms with E-state index < -0.39 is 0 Å². The van der Waals surface area contributed by atoms with Crippen LogP contribution in [-0.2, 0) is 11.3 Å². The van der Waals surface area contributed by atoms with Crippen molar-refractivity contribution in [2.24, 2.45) is 0 Å². The molecule has 2 saturated heterocycles. The van der Waals surface area contributed by atoms with Gasteiger partial charge in [-0.15, -0.1) is 0 Å². The summed E-state index contributed by atoms with van der Waals surface area (Å²) in [5, 5.41) is 7.87. The monoisotopic (exact) mass is 357 g/mol. The molecule has 2 aromatic heterocycles. The maximum atomic E-state index is 5.41. The smallest absolute Gasteiger partial charge is 0.224 e. The lowest BCUT2D eigenvalue weighted by Gasteiger charge is -2.28. The molecule has 0 aliphatic carbocycles. The molecule has 4 rings (SSSR count). The third-order valence-corrected chi connectivity index (χ3v) is 4.99. The van der Waals surface area contributed by atoms with Crippen molar-refractivity contribution in [2.75, 3.05) is 56.2 Å². The summed E-state index contributed by atoms with van der Waals surface area (Å²) in [4.78, 5) is 13.8. The maximum Gasteiger partial charge on any atom is 0.224 e. The van der Waals surface area contributed by atoms with Crippen LogP contribution in [0.3, 0.4) is 0 Å². The highest BCUT2D eigenvalue weighted by Gasteiger charge is 2.23. The Labute approximate surface area is 154 Å². The number of aromatic nitrogens is 4. The minimum absolute atomic E-state index is 0.397. The summed E-state index contributed by atoms with van der Waals surface area (Å²) in [6.45, 7) is 9.45. The van der Waals surface area contributed by atoms with Crippen LogP contribution in [0.25, 0.3) is 0 Å². The summed E-state index contributed by atoms with van der Waals surface area (Å²) in [5.74, 6) is 1.71. The van der Waals surface area contributed by atoms with E-state index in [1.807, 2.05) is 23.1 Å². The average molecular weight is 357 g/mol. The first-order valence-corrected chi connectivity index (χ1v) is 9.40. The Hall–Kier alpha value is -2.19. The molecule has 0 amide bonds. The van der Waals surface area contributed by atoms with E-state index in [4.69, 9.17) is 9.72 Å². The van der Waals surface area contributed by atoms with Crippen LogP contribution in [0.1, 0.15) is 12.0 Å². The van der Waals surface area contributed by atoms with Gasteiger partial charge in [-0.2, -0.15) is 10.1 Å². The van der Waals surface area contributed by atoms with Crippen molar-refractivity contribution in [3.8, 4) is 0 Å². The molecule has 0 radical (unpaired) electrons. The number of anilines is 2. The van der Waals surface area contributed by atoms with E-state index in [9.17, 15) is 0 Å². The van der Waals surface area contributed by atoms with E-state index in [1.165, 1.54) is 5.56 Å². The number of hydrogen-bond acceptors (Lipinski definition) is 7. The number of ether oxygens (including phenoxy) is 1. The molecule has 2 aliphatic rings. The SMILES string of the molecule is Cc1cnn(CCN2CCC(Nc3nccc(N4CCOCC4)n3)C2)c1. The molecule has 140 valence electrons. The van der Waals surface area contributed by atoms with E-state index in [0.717, 1.165) is 70.7 Å². The van der Waals surface area contributed by atoms with Crippen LogP contribution in [0.15, 0.2) is 24.7 Å². The number of hydrogen-bond donors (Lipinski definition) is 1. The summed E-state index contributed by atoms with van der Waals surface area (Å²) < 4.78 is 7.43. The third kappa shape index (κ3) is 4.31. The van der Waals surface area contributed by atoms with Crippen LogP contribution in [0.4, 0.5) is 11.8 Å². The molecule has 8 heteroatoms. The summed E-state index contributed by atoms with van der Waals surface area (Å²) in [7, 11) is 0. The van der Waals surface area contributed by atoms with Gasteiger partial charge in [-0.3, -0.25) is 9.58 Å². The fourth-order valence-corrected chi connectivity index (χ4v) is 3.56. The second-order valence-corrected chi connectivity index (χ2v) is 7.05. The molecule has 26 heavy (non-hydrogen) atoms. The van der Waals surface area contributed by atoms with Gasteiger partial charge in [-0.1, -0.05) is 0 Å². The molecular formula is C18H27N7O. The van der Waals surface area contributed by atoms with E-state index in [1.54, 1.807) is 0 Å². The van der Waals surface area contributed by atoms with Crippen LogP contribution in [-0.4, -0.2) is 76.6 Å². The van der Waals surface area contributed by atoms with Crippen molar-refractivity contribution in [1.82, 2.24) is 24.6 Å². The number of nitrogens with one attached hydrogen (secondary N) is 1. The third-order valence-electron chi connectivity index (χ3n) is 4.99. The van der Waals surface area contributed by atoms with Gasteiger partial charge >= 0.3 is 0 Å². The normalized spacial score (nSPS) is 21.3. The highest BCUT2D eigenvalue weighted by molar-refractivity contribution is 5.43. The molecule has 0 saturated carbocycles. The minimum atomic E-state index is 0.397. The average Bonchev–Trinajstić information content (AvgIpc) is 3.30. The van der Waals surface area contributed by atoms with Gasteiger partial charge in [-0.25, -0.2) is 4.98 Å². The van der Waals surface area contributed by atoms with Gasteiger partial charge < -0.3 is 15.0 Å². The molecule has 1 N–H and O–H groups in total. The first-order chi connectivity index (χ1) is 12.8. The fourth-order valence-electron chi connectivity index (χ4n) is 3.56. The maximum absolute atomic E-state index is 5.41. The predicted octanol–water partition coefficient (Wildman–Crippen LogP) is 1.00. The Morgan fingerprint density at radius 2 is 2.12 bits per heavy atom. The summed E-state index contributed by atoms with van der Waals surface area (Å²) >= 11 is 0. The molecule has 0 bridgehead atoms. The second kappa shape index (κ2) is 8.01. The van der Waals surface area contributed by atoms with Gasteiger partial charge in [0.25, 0.3) is 0 Å². The van der Waals surface area contributed by atoms with Crippen molar-refractivity contribution < 1.29 is 4.74 Å². The van der Waals surface area contributed by atoms with Crippen LogP contribution < -0.4 is 10.2 Å². The van der Waals surface area contributed by atoms with E-state index in [0.29, 0.717) is 6.04 Å². The van der Waals surface area contributed by atoms with E-state index in [-0.39, 0.29) is 0 Å². The van der Waals surface area contributed by atoms with Gasteiger partial charge in [0.1, 0.15) is 5.82 Å². The molecule has 0 spiro atoms. The van der Waals surface area contributed by atoms with Crippen LogP contribution in [0.5, 0.6) is 0 Å². The van der Waals surface area contributed by atoms with Gasteiger partial charge in [0.05, 0.1) is 26.0 Å². The van der Waals surface area contributed by atoms with E-state index in [2.05, 4.69) is 38.3 Å². The van der Waals surface area contributed by atoms with Gasteiger partial charge in [0.15, 0.2) is 0 Å². The number of likely N-dealkylation sites (tertiary alicyclic amines) is 1. The Kier molecular flexibility index (Phi) is 5.31. The quantitative estimate of drug-likeness (QED) is 0.827. The lowest BCUT2D eigenvalue weighted by Crippen LogP contribution is -2.37. The standard InChI is InChI=1S/C18H27N7O/c1-15-12-20-25(13-15)7-6-23-5-3-16(14-23)21-18-19-4-2-17(22-18)24-8-10-26-11-9-24/h2,4,12-13,16H,3,5-11,14H2,1H3,(H,19,21,22). The van der Waals surface area contributed by atoms with Crippen LogP contribution in [0, 0.1) is 6.92 Å². The molecule has 0 aromatic carbocycles.